The van der Waals surface area contributed by atoms with Crippen LogP contribution in [0.25, 0.3) is 5.69 Å². The van der Waals surface area contributed by atoms with Crippen molar-refractivity contribution in [1.82, 2.24) is 4.57 Å². The van der Waals surface area contributed by atoms with E-state index in [2.05, 4.69) is 0 Å². The molecule has 0 aliphatic carbocycles. The largest absolute Gasteiger partial charge is 0.711 e. The van der Waals surface area contributed by atoms with E-state index < -0.39 is 11.7 Å². The summed E-state index contributed by atoms with van der Waals surface area (Å²) in [5.41, 5.74) is -0.444. The summed E-state index contributed by atoms with van der Waals surface area (Å²) in [5, 5.41) is 10.8. The highest BCUT2D eigenvalue weighted by atomic mass is 19.4. The van der Waals surface area contributed by atoms with Gasteiger partial charge in [-0.25, -0.2) is 9.30 Å². The Morgan fingerprint density at radius 2 is 2.00 bits per heavy atom. The van der Waals surface area contributed by atoms with E-state index >= 15 is 0 Å². The lowest BCUT2D eigenvalue weighted by Gasteiger charge is -2.06. The quantitative estimate of drug-likeness (QED) is 0.543. The van der Waals surface area contributed by atoms with Gasteiger partial charge >= 0.3 is 6.18 Å². The fourth-order valence-electron chi connectivity index (χ4n) is 1.33. The van der Waals surface area contributed by atoms with Crippen molar-refractivity contribution < 1.29 is 17.9 Å². The van der Waals surface area contributed by atoms with Gasteiger partial charge in [-0.15, -0.1) is 0 Å². The molecule has 1 heterocycles. The molecule has 1 aromatic heterocycles. The second-order valence-corrected chi connectivity index (χ2v) is 3.23. The molecule has 0 amide bonds. The van der Waals surface area contributed by atoms with Crippen LogP contribution >= 0.6 is 0 Å². The molecule has 1 aromatic carbocycles. The van der Waals surface area contributed by atoms with Gasteiger partial charge in [-0.05, 0) is 18.2 Å². The van der Waals surface area contributed by atoms with E-state index in [-0.39, 0.29) is 0 Å². The molecular formula is C10H7F3N2O. The van der Waals surface area contributed by atoms with Crippen LogP contribution in [0.1, 0.15) is 5.56 Å². The molecule has 0 bridgehead atoms. The predicted octanol–water partition coefficient (Wildman–Crippen LogP) is 2.13. The molecule has 0 aliphatic heterocycles. The van der Waals surface area contributed by atoms with Gasteiger partial charge in [-0.3, -0.25) is 0 Å². The van der Waals surface area contributed by atoms with Crippen molar-refractivity contribution in [3.05, 3.63) is 53.8 Å². The van der Waals surface area contributed by atoms with Crippen molar-refractivity contribution >= 4 is 0 Å². The Morgan fingerprint density at radius 1 is 1.25 bits per heavy atom. The van der Waals surface area contributed by atoms with E-state index in [9.17, 15) is 18.4 Å². The van der Waals surface area contributed by atoms with E-state index in [4.69, 9.17) is 0 Å². The van der Waals surface area contributed by atoms with Gasteiger partial charge in [0.2, 0.25) is 0 Å². The van der Waals surface area contributed by atoms with Crippen molar-refractivity contribution in [2.75, 3.05) is 0 Å². The SMILES string of the molecule is [O-][n+]1ccn(-c2cccc(C(F)(F)F)c2)c1. The maximum atomic E-state index is 12.4. The van der Waals surface area contributed by atoms with E-state index in [0.29, 0.717) is 10.4 Å². The van der Waals surface area contributed by atoms with Crippen LogP contribution in [-0.2, 0) is 6.18 Å². The summed E-state index contributed by atoms with van der Waals surface area (Å²) >= 11 is 0. The van der Waals surface area contributed by atoms with Gasteiger partial charge in [0.05, 0.1) is 5.56 Å². The fourth-order valence-corrected chi connectivity index (χ4v) is 1.33. The summed E-state index contributed by atoms with van der Waals surface area (Å²) in [4.78, 5) is 0. The van der Waals surface area contributed by atoms with Gasteiger partial charge in [-0.2, -0.15) is 13.2 Å². The third-order valence-corrected chi connectivity index (χ3v) is 2.08. The maximum Gasteiger partial charge on any atom is 0.416 e. The Labute approximate surface area is 88.9 Å². The first-order valence-corrected chi connectivity index (χ1v) is 4.41. The summed E-state index contributed by atoms with van der Waals surface area (Å²) in [7, 11) is 0. The molecule has 0 N–H and O–H groups in total. The number of alkyl halides is 3. The van der Waals surface area contributed by atoms with Crippen molar-refractivity contribution in [2.24, 2.45) is 0 Å². The highest BCUT2D eigenvalue weighted by molar-refractivity contribution is 5.36. The second-order valence-electron chi connectivity index (χ2n) is 3.23. The van der Waals surface area contributed by atoms with Crippen molar-refractivity contribution in [3.8, 4) is 5.69 Å². The number of rotatable bonds is 1. The Bertz CT molecular complexity index is 505. The van der Waals surface area contributed by atoms with Crippen molar-refractivity contribution in [2.45, 2.75) is 6.18 Å². The fraction of sp³-hybridized carbons (Fsp3) is 0.100. The first-order valence-electron chi connectivity index (χ1n) is 4.41. The highest BCUT2D eigenvalue weighted by Crippen LogP contribution is 2.30. The average molecular weight is 228 g/mol. The molecule has 6 heteroatoms. The topological polar surface area (TPSA) is 31.9 Å². The molecule has 2 rings (SSSR count). The summed E-state index contributed by atoms with van der Waals surface area (Å²) in [5.74, 6) is 0. The van der Waals surface area contributed by atoms with Crippen LogP contribution in [0.5, 0.6) is 0 Å². The highest BCUT2D eigenvalue weighted by Gasteiger charge is 2.30. The Hall–Kier alpha value is -1.98. The average Bonchev–Trinajstić information content (AvgIpc) is 2.64. The van der Waals surface area contributed by atoms with Crippen molar-refractivity contribution in [1.29, 1.82) is 0 Å². The van der Waals surface area contributed by atoms with Crippen LogP contribution in [0.3, 0.4) is 0 Å². The monoisotopic (exact) mass is 228 g/mol. The summed E-state index contributed by atoms with van der Waals surface area (Å²) < 4.78 is 39.1. The molecule has 0 aliphatic rings. The lowest BCUT2D eigenvalue weighted by Crippen LogP contribution is -2.21. The zero-order valence-corrected chi connectivity index (χ0v) is 7.98. The molecule has 0 radical (unpaired) electrons. The maximum absolute atomic E-state index is 12.4. The lowest BCUT2D eigenvalue weighted by atomic mass is 10.2. The van der Waals surface area contributed by atoms with Gasteiger partial charge in [0.25, 0.3) is 6.33 Å². The molecule has 0 fully saturated rings. The predicted molar refractivity (Wildman–Crippen MR) is 49.7 cm³/mol. The second kappa shape index (κ2) is 3.55. The van der Waals surface area contributed by atoms with Gasteiger partial charge in [0.15, 0.2) is 0 Å². The third kappa shape index (κ3) is 2.00. The van der Waals surface area contributed by atoms with E-state index in [0.717, 1.165) is 18.5 Å². The molecule has 0 unspecified atom stereocenters. The van der Waals surface area contributed by atoms with Gasteiger partial charge in [0.1, 0.15) is 18.1 Å². The number of benzene rings is 1. The van der Waals surface area contributed by atoms with Crippen LogP contribution in [0.4, 0.5) is 13.2 Å². The zero-order chi connectivity index (χ0) is 11.8. The first kappa shape index (κ1) is 10.5. The smallest absolute Gasteiger partial charge is 0.416 e. The van der Waals surface area contributed by atoms with E-state index in [1.807, 2.05) is 0 Å². The van der Waals surface area contributed by atoms with E-state index in [1.165, 1.54) is 29.1 Å². The zero-order valence-electron chi connectivity index (χ0n) is 7.98. The molecule has 0 saturated carbocycles. The minimum atomic E-state index is -4.38. The van der Waals surface area contributed by atoms with Gasteiger partial charge in [0, 0.05) is 0 Å². The summed E-state index contributed by atoms with van der Waals surface area (Å²) in [6, 6.07) is 4.76. The molecule has 0 atom stereocenters. The summed E-state index contributed by atoms with van der Waals surface area (Å²) in [6.07, 6.45) is -0.630. The number of imidazole rings is 1. The molecule has 0 saturated heterocycles. The molecule has 16 heavy (non-hydrogen) atoms. The first-order chi connectivity index (χ1) is 7.47. The minimum absolute atomic E-state index is 0.296. The third-order valence-electron chi connectivity index (χ3n) is 2.08. The van der Waals surface area contributed by atoms with Crippen LogP contribution in [0, 0.1) is 5.21 Å². The van der Waals surface area contributed by atoms with Crippen LogP contribution in [0.2, 0.25) is 0 Å². The molecular weight excluding hydrogens is 221 g/mol. The minimum Gasteiger partial charge on any atom is -0.711 e. The van der Waals surface area contributed by atoms with Crippen LogP contribution in [0.15, 0.2) is 43.0 Å². The number of hydrogen-bond donors (Lipinski definition) is 0. The number of halogens is 3. The van der Waals surface area contributed by atoms with E-state index in [1.54, 1.807) is 0 Å². The Balaban J connectivity index is 2.44. The van der Waals surface area contributed by atoms with Gasteiger partial charge in [-0.1, -0.05) is 6.07 Å². The van der Waals surface area contributed by atoms with Crippen LogP contribution in [-0.4, -0.2) is 4.57 Å². The van der Waals surface area contributed by atoms with Crippen molar-refractivity contribution in [3.63, 3.8) is 0 Å². The molecule has 2 aromatic rings. The Kier molecular flexibility index (Phi) is 2.34. The lowest BCUT2D eigenvalue weighted by molar-refractivity contribution is -0.604. The van der Waals surface area contributed by atoms with Gasteiger partial charge < -0.3 is 5.21 Å². The number of nitrogens with zero attached hydrogens (tertiary/aromatic N) is 2. The molecule has 3 nitrogen and oxygen atoms in total. The standard InChI is InChI=1S/C10H7F3N2O/c11-10(12,13)8-2-1-3-9(6-8)14-4-5-15(16)7-14/h1-7H. The Morgan fingerprint density at radius 3 is 2.56 bits per heavy atom. The molecule has 0 spiro atoms. The van der Waals surface area contributed by atoms with Crippen LogP contribution < -0.4 is 4.73 Å². The number of aromatic nitrogens is 2. The molecule has 84 valence electrons. The summed E-state index contributed by atoms with van der Waals surface area (Å²) in [6.45, 7) is 0. The number of hydrogen-bond acceptors (Lipinski definition) is 1. The normalized spacial score (nSPS) is 11.7.